The first-order valence-corrected chi connectivity index (χ1v) is 5.74. The molecule has 1 N–H and O–H groups in total. The molecule has 1 aliphatic rings. The molecule has 0 heterocycles. The first kappa shape index (κ1) is 11.0. The van der Waals surface area contributed by atoms with Crippen molar-refractivity contribution >= 4 is 28.9 Å². The Hall–Kier alpha value is -0.470. The summed E-state index contributed by atoms with van der Waals surface area (Å²) in [6, 6.07) is 2.88. The van der Waals surface area contributed by atoms with Gasteiger partial charge in [-0.05, 0) is 37.8 Å². The third kappa shape index (κ3) is 2.56. The minimum atomic E-state index is -0.408. The number of hydrogen-bond acceptors (Lipinski definition) is 1. The number of benzene rings is 1. The van der Waals surface area contributed by atoms with Crippen LogP contribution in [0.5, 0.6) is 0 Å². The number of nitrogens with one attached hydrogen (secondary N) is 1. The summed E-state index contributed by atoms with van der Waals surface area (Å²) >= 11 is 11.8. The van der Waals surface area contributed by atoms with Crippen LogP contribution < -0.4 is 5.32 Å². The molecule has 1 aromatic rings. The fourth-order valence-electron chi connectivity index (χ4n) is 1.62. The molecule has 0 saturated heterocycles. The molecule has 0 aliphatic heterocycles. The molecule has 1 fully saturated rings. The molecule has 0 bridgehead atoms. The van der Waals surface area contributed by atoms with Crippen molar-refractivity contribution in [1.82, 2.24) is 0 Å². The van der Waals surface area contributed by atoms with Gasteiger partial charge in [0, 0.05) is 6.04 Å². The van der Waals surface area contributed by atoms with Crippen molar-refractivity contribution in [1.29, 1.82) is 0 Å². The predicted molar refractivity (Wildman–Crippen MR) is 62.2 cm³/mol. The lowest BCUT2D eigenvalue weighted by Crippen LogP contribution is -2.17. The maximum Gasteiger partial charge on any atom is 0.126 e. The van der Waals surface area contributed by atoms with Crippen molar-refractivity contribution in [3.63, 3.8) is 0 Å². The summed E-state index contributed by atoms with van der Waals surface area (Å²) in [6.07, 6.45) is 2.48. The van der Waals surface area contributed by atoms with Crippen LogP contribution in [0.15, 0.2) is 12.1 Å². The third-order valence-corrected chi connectivity index (χ3v) is 3.30. The standard InChI is InChI=1S/C11H12Cl2FN/c1-6(7-2-3-7)15-11-9(12)4-8(14)5-10(11)13/h4-7,15H,2-3H2,1H3. The summed E-state index contributed by atoms with van der Waals surface area (Å²) in [4.78, 5) is 0. The summed E-state index contributed by atoms with van der Waals surface area (Å²) in [6.45, 7) is 2.09. The molecular weight excluding hydrogens is 236 g/mol. The van der Waals surface area contributed by atoms with Gasteiger partial charge in [-0.25, -0.2) is 4.39 Å². The van der Waals surface area contributed by atoms with Crippen molar-refractivity contribution in [2.45, 2.75) is 25.8 Å². The highest BCUT2D eigenvalue weighted by atomic mass is 35.5. The Morgan fingerprint density at radius 1 is 1.33 bits per heavy atom. The predicted octanol–water partition coefficient (Wildman–Crippen LogP) is 4.34. The Balaban J connectivity index is 2.19. The highest BCUT2D eigenvalue weighted by Gasteiger charge is 2.28. The Morgan fingerprint density at radius 2 is 1.87 bits per heavy atom. The van der Waals surface area contributed by atoms with Crippen molar-refractivity contribution in [3.8, 4) is 0 Å². The SMILES string of the molecule is CC(Nc1c(Cl)cc(F)cc1Cl)C1CC1. The maximum absolute atomic E-state index is 12.9. The molecular formula is C11H12Cl2FN. The smallest absolute Gasteiger partial charge is 0.126 e. The molecule has 1 aliphatic carbocycles. The second-order valence-corrected chi connectivity index (χ2v) is 4.83. The largest absolute Gasteiger partial charge is 0.380 e. The third-order valence-electron chi connectivity index (χ3n) is 2.71. The van der Waals surface area contributed by atoms with Gasteiger partial charge in [-0.2, -0.15) is 0 Å². The van der Waals surface area contributed by atoms with E-state index >= 15 is 0 Å². The molecule has 1 saturated carbocycles. The van der Waals surface area contributed by atoms with Crippen LogP contribution >= 0.6 is 23.2 Å². The van der Waals surface area contributed by atoms with E-state index in [2.05, 4.69) is 12.2 Å². The lowest BCUT2D eigenvalue weighted by Gasteiger charge is -2.16. The maximum atomic E-state index is 12.9. The molecule has 0 spiro atoms. The zero-order chi connectivity index (χ0) is 11.0. The molecule has 1 nitrogen and oxygen atoms in total. The van der Waals surface area contributed by atoms with Gasteiger partial charge in [0.1, 0.15) is 5.82 Å². The Labute approximate surface area is 98.6 Å². The average Bonchev–Trinajstić information content (AvgIpc) is 2.93. The van der Waals surface area contributed by atoms with E-state index < -0.39 is 5.82 Å². The van der Waals surface area contributed by atoms with Crippen LogP contribution in [0.3, 0.4) is 0 Å². The Bertz CT molecular complexity index is 354. The first-order valence-electron chi connectivity index (χ1n) is 4.99. The van der Waals surface area contributed by atoms with E-state index in [1.807, 2.05) is 0 Å². The van der Waals surface area contributed by atoms with E-state index in [4.69, 9.17) is 23.2 Å². The molecule has 1 aromatic carbocycles. The highest BCUT2D eigenvalue weighted by molar-refractivity contribution is 6.39. The number of halogens is 3. The van der Waals surface area contributed by atoms with Crippen LogP contribution in [0.25, 0.3) is 0 Å². The highest BCUT2D eigenvalue weighted by Crippen LogP contribution is 2.37. The van der Waals surface area contributed by atoms with Crippen molar-refractivity contribution in [2.75, 3.05) is 5.32 Å². The molecule has 1 atom stereocenters. The van der Waals surface area contributed by atoms with E-state index in [1.165, 1.54) is 25.0 Å². The molecule has 1 unspecified atom stereocenters. The normalized spacial score (nSPS) is 17.6. The van der Waals surface area contributed by atoms with Gasteiger partial charge in [-0.3, -0.25) is 0 Å². The molecule has 2 rings (SSSR count). The zero-order valence-electron chi connectivity index (χ0n) is 8.36. The van der Waals surface area contributed by atoms with Gasteiger partial charge in [0.15, 0.2) is 0 Å². The summed E-state index contributed by atoms with van der Waals surface area (Å²) in [5.41, 5.74) is 0.638. The Kier molecular flexibility index (Phi) is 3.08. The summed E-state index contributed by atoms with van der Waals surface area (Å²) < 4.78 is 12.9. The lowest BCUT2D eigenvalue weighted by atomic mass is 10.2. The second-order valence-electron chi connectivity index (χ2n) is 4.01. The van der Waals surface area contributed by atoms with Crippen LogP contribution in [-0.2, 0) is 0 Å². The fraction of sp³-hybridized carbons (Fsp3) is 0.455. The van der Waals surface area contributed by atoms with E-state index in [0.29, 0.717) is 27.7 Å². The molecule has 0 amide bonds. The minimum absolute atomic E-state index is 0.338. The van der Waals surface area contributed by atoms with Gasteiger partial charge < -0.3 is 5.32 Å². The molecule has 0 radical (unpaired) electrons. The zero-order valence-corrected chi connectivity index (χ0v) is 9.87. The summed E-state index contributed by atoms with van der Waals surface area (Å²) in [7, 11) is 0. The van der Waals surface area contributed by atoms with Gasteiger partial charge in [-0.1, -0.05) is 23.2 Å². The van der Waals surface area contributed by atoms with Crippen LogP contribution in [0, 0.1) is 11.7 Å². The lowest BCUT2D eigenvalue weighted by molar-refractivity contribution is 0.627. The van der Waals surface area contributed by atoms with E-state index in [9.17, 15) is 4.39 Å². The Morgan fingerprint density at radius 3 is 2.33 bits per heavy atom. The van der Waals surface area contributed by atoms with Gasteiger partial charge >= 0.3 is 0 Å². The van der Waals surface area contributed by atoms with E-state index in [-0.39, 0.29) is 0 Å². The fourth-order valence-corrected chi connectivity index (χ4v) is 2.19. The minimum Gasteiger partial charge on any atom is -0.380 e. The molecule has 4 heteroatoms. The first-order chi connectivity index (χ1) is 7.08. The van der Waals surface area contributed by atoms with E-state index in [0.717, 1.165) is 0 Å². The van der Waals surface area contributed by atoms with Crippen LogP contribution in [0.1, 0.15) is 19.8 Å². The topological polar surface area (TPSA) is 12.0 Å². The molecule has 82 valence electrons. The van der Waals surface area contributed by atoms with Crippen LogP contribution in [0.2, 0.25) is 10.0 Å². The number of hydrogen-bond donors (Lipinski definition) is 1. The van der Waals surface area contributed by atoms with Crippen LogP contribution in [0.4, 0.5) is 10.1 Å². The summed E-state index contributed by atoms with van der Waals surface area (Å²) in [5.74, 6) is 0.289. The summed E-state index contributed by atoms with van der Waals surface area (Å²) in [5, 5.41) is 3.92. The average molecular weight is 248 g/mol. The monoisotopic (exact) mass is 247 g/mol. The van der Waals surface area contributed by atoms with Gasteiger partial charge in [-0.15, -0.1) is 0 Å². The van der Waals surface area contributed by atoms with Gasteiger partial charge in [0.05, 0.1) is 15.7 Å². The quantitative estimate of drug-likeness (QED) is 0.838. The van der Waals surface area contributed by atoms with Crippen molar-refractivity contribution < 1.29 is 4.39 Å². The number of anilines is 1. The van der Waals surface area contributed by atoms with Crippen molar-refractivity contribution in [3.05, 3.63) is 28.0 Å². The number of rotatable bonds is 3. The van der Waals surface area contributed by atoms with E-state index in [1.54, 1.807) is 0 Å². The second kappa shape index (κ2) is 4.18. The molecule has 0 aromatic heterocycles. The van der Waals surface area contributed by atoms with Crippen LogP contribution in [-0.4, -0.2) is 6.04 Å². The van der Waals surface area contributed by atoms with Gasteiger partial charge in [0.25, 0.3) is 0 Å². The van der Waals surface area contributed by atoms with Crippen molar-refractivity contribution in [2.24, 2.45) is 5.92 Å². The molecule has 15 heavy (non-hydrogen) atoms. The van der Waals surface area contributed by atoms with Gasteiger partial charge in [0.2, 0.25) is 0 Å².